The minimum Gasteiger partial charge on any atom is -0.356 e. The smallest absolute Gasteiger partial charge is 0.211 e. The predicted molar refractivity (Wildman–Crippen MR) is 120 cm³/mol. The number of fused-ring (bicyclic) bond motifs is 1. The van der Waals surface area contributed by atoms with Gasteiger partial charge in [0.15, 0.2) is 0 Å². The summed E-state index contributed by atoms with van der Waals surface area (Å²) >= 11 is 0. The molecule has 4 rings (SSSR count). The zero-order chi connectivity index (χ0) is 21.8. The molecule has 2 heterocycles. The molecule has 1 saturated carbocycles. The lowest BCUT2D eigenvalue weighted by atomic mass is 9.86. The van der Waals surface area contributed by atoms with Crippen LogP contribution in [0.4, 0.5) is 10.2 Å². The minimum absolute atomic E-state index is 0.141. The topological polar surface area (TPSA) is 91.0 Å². The number of halogens is 1. The van der Waals surface area contributed by atoms with Crippen LogP contribution in [-0.2, 0) is 16.4 Å². The van der Waals surface area contributed by atoms with Crippen molar-refractivity contribution in [1.29, 1.82) is 0 Å². The Balaban J connectivity index is 1.27. The Morgan fingerprint density at radius 2 is 2.00 bits per heavy atom. The van der Waals surface area contributed by atoms with Crippen molar-refractivity contribution in [2.75, 3.05) is 24.2 Å². The first-order valence-corrected chi connectivity index (χ1v) is 12.3. The molecule has 0 amide bonds. The highest BCUT2D eigenvalue weighted by atomic mass is 32.2. The van der Waals surface area contributed by atoms with E-state index in [1.54, 1.807) is 18.5 Å². The van der Waals surface area contributed by atoms with Crippen molar-refractivity contribution < 1.29 is 12.8 Å². The summed E-state index contributed by atoms with van der Waals surface area (Å²) in [5.41, 5.74) is 1.61. The first-order valence-electron chi connectivity index (χ1n) is 10.6. The Kier molecular flexibility index (Phi) is 6.52. The van der Waals surface area contributed by atoms with Gasteiger partial charge in [0.1, 0.15) is 23.6 Å². The first-order chi connectivity index (χ1) is 14.9. The number of rotatable bonds is 8. The van der Waals surface area contributed by atoms with E-state index in [0.29, 0.717) is 12.5 Å². The molecule has 1 aromatic carbocycles. The van der Waals surface area contributed by atoms with Gasteiger partial charge in [0.2, 0.25) is 10.0 Å². The summed E-state index contributed by atoms with van der Waals surface area (Å²) in [5, 5.41) is 0.997. The molecular weight excluding hydrogens is 417 g/mol. The Morgan fingerprint density at radius 3 is 2.77 bits per heavy atom. The van der Waals surface area contributed by atoms with E-state index in [0.717, 1.165) is 48.1 Å². The van der Waals surface area contributed by atoms with Gasteiger partial charge in [-0.3, -0.25) is 0 Å². The van der Waals surface area contributed by atoms with Crippen LogP contribution in [0, 0.1) is 11.7 Å². The average molecular weight is 446 g/mol. The molecule has 0 bridgehead atoms. The van der Waals surface area contributed by atoms with Crippen molar-refractivity contribution in [3.05, 3.63) is 54.2 Å². The number of aromatic nitrogens is 3. The van der Waals surface area contributed by atoms with E-state index < -0.39 is 10.0 Å². The number of benzene rings is 1. The summed E-state index contributed by atoms with van der Waals surface area (Å²) in [6, 6.07) is 8.56. The van der Waals surface area contributed by atoms with Gasteiger partial charge in [0.25, 0.3) is 0 Å². The second-order valence-corrected chi connectivity index (χ2v) is 10.1. The number of sulfonamides is 1. The summed E-state index contributed by atoms with van der Waals surface area (Å²) in [7, 11) is -1.31. The molecular formula is C22H28FN5O2S. The summed E-state index contributed by atoms with van der Waals surface area (Å²) in [5.74, 6) is 0.888. The van der Waals surface area contributed by atoms with Gasteiger partial charge in [-0.25, -0.2) is 27.5 Å². The number of H-pyrrole nitrogens is 1. The van der Waals surface area contributed by atoms with Gasteiger partial charge in [-0.1, -0.05) is 12.1 Å². The van der Waals surface area contributed by atoms with E-state index in [1.807, 2.05) is 19.3 Å². The molecule has 2 N–H and O–H groups in total. The molecule has 166 valence electrons. The van der Waals surface area contributed by atoms with Crippen LogP contribution in [0.3, 0.4) is 0 Å². The lowest BCUT2D eigenvalue weighted by molar-refractivity contribution is 0.340. The third kappa shape index (κ3) is 5.40. The van der Waals surface area contributed by atoms with Crippen molar-refractivity contribution in [2.45, 2.75) is 38.1 Å². The second-order valence-electron chi connectivity index (χ2n) is 8.28. The lowest BCUT2D eigenvalue weighted by Crippen LogP contribution is -2.38. The average Bonchev–Trinajstić information content (AvgIpc) is 3.22. The van der Waals surface area contributed by atoms with Crippen molar-refractivity contribution in [3.8, 4) is 0 Å². The molecule has 0 radical (unpaired) electrons. The van der Waals surface area contributed by atoms with Gasteiger partial charge < -0.3 is 9.88 Å². The quantitative estimate of drug-likeness (QED) is 0.555. The number of hydrogen-bond donors (Lipinski definition) is 2. The zero-order valence-corrected chi connectivity index (χ0v) is 18.4. The summed E-state index contributed by atoms with van der Waals surface area (Å²) in [4.78, 5) is 14.0. The van der Waals surface area contributed by atoms with Crippen LogP contribution in [0.2, 0.25) is 0 Å². The number of anilines is 1. The van der Waals surface area contributed by atoms with Crippen LogP contribution < -0.4 is 9.62 Å². The van der Waals surface area contributed by atoms with Crippen molar-refractivity contribution in [1.82, 2.24) is 19.7 Å². The fourth-order valence-electron chi connectivity index (χ4n) is 4.42. The number of aromatic amines is 1. The molecule has 2 aromatic heterocycles. The van der Waals surface area contributed by atoms with Crippen LogP contribution in [-0.4, -0.2) is 48.8 Å². The fraction of sp³-hybridized carbons (Fsp3) is 0.455. The van der Waals surface area contributed by atoms with Crippen LogP contribution in [0.5, 0.6) is 0 Å². The van der Waals surface area contributed by atoms with E-state index in [9.17, 15) is 12.8 Å². The molecule has 0 atom stereocenters. The molecule has 0 unspecified atom stereocenters. The highest BCUT2D eigenvalue weighted by molar-refractivity contribution is 7.89. The Hall–Kier alpha value is -2.52. The molecule has 0 saturated heterocycles. The molecule has 0 aliphatic heterocycles. The van der Waals surface area contributed by atoms with Crippen LogP contribution in [0.1, 0.15) is 31.2 Å². The van der Waals surface area contributed by atoms with Crippen LogP contribution in [0.15, 0.2) is 42.9 Å². The Bertz CT molecular complexity index is 1130. The van der Waals surface area contributed by atoms with E-state index in [-0.39, 0.29) is 24.0 Å². The van der Waals surface area contributed by atoms with E-state index >= 15 is 0 Å². The summed E-state index contributed by atoms with van der Waals surface area (Å²) < 4.78 is 40.9. The van der Waals surface area contributed by atoms with Crippen molar-refractivity contribution in [3.63, 3.8) is 0 Å². The van der Waals surface area contributed by atoms with Crippen molar-refractivity contribution >= 4 is 26.9 Å². The van der Waals surface area contributed by atoms with E-state index in [2.05, 4.69) is 24.6 Å². The third-order valence-electron chi connectivity index (χ3n) is 6.11. The maximum Gasteiger partial charge on any atom is 0.211 e. The molecule has 3 aromatic rings. The number of nitrogens with one attached hydrogen (secondary N) is 2. The van der Waals surface area contributed by atoms with Gasteiger partial charge in [0, 0.05) is 25.8 Å². The summed E-state index contributed by atoms with van der Waals surface area (Å²) in [6.45, 7) is 0.282. The van der Waals surface area contributed by atoms with Gasteiger partial charge in [-0.15, -0.1) is 0 Å². The maximum atomic E-state index is 13.2. The standard InChI is InChI=1S/C22H28FN5O2S/c1-28(22-20-10-11-24-21(20)25-15-26-22)19-7-5-17(6-8-19)14-31(29,30)27-12-9-16-3-2-4-18(23)13-16/h2-4,10-11,13,15,17,19,27H,5-9,12,14H2,1H3,(H,24,25,26). The molecule has 7 nitrogen and oxygen atoms in total. The van der Waals surface area contributed by atoms with Gasteiger partial charge in [0.05, 0.1) is 11.1 Å². The Morgan fingerprint density at radius 1 is 1.19 bits per heavy atom. The monoisotopic (exact) mass is 445 g/mol. The largest absolute Gasteiger partial charge is 0.356 e. The molecule has 1 aliphatic carbocycles. The maximum absolute atomic E-state index is 13.2. The SMILES string of the molecule is CN(c1ncnc2[nH]ccc12)C1CCC(CS(=O)(=O)NCCc2cccc(F)c2)CC1. The molecule has 1 fully saturated rings. The predicted octanol–water partition coefficient (Wildman–Crippen LogP) is 3.25. The first kappa shape index (κ1) is 21.7. The molecule has 9 heteroatoms. The highest BCUT2D eigenvalue weighted by Crippen LogP contribution is 2.31. The number of nitrogens with zero attached hydrogens (tertiary/aromatic N) is 3. The van der Waals surface area contributed by atoms with Crippen LogP contribution >= 0.6 is 0 Å². The van der Waals surface area contributed by atoms with E-state index in [4.69, 9.17) is 0 Å². The molecule has 0 spiro atoms. The highest BCUT2D eigenvalue weighted by Gasteiger charge is 2.28. The minimum atomic E-state index is -3.35. The zero-order valence-electron chi connectivity index (χ0n) is 17.6. The normalized spacial score (nSPS) is 19.5. The molecule has 1 aliphatic rings. The van der Waals surface area contributed by atoms with Gasteiger partial charge in [-0.2, -0.15) is 0 Å². The van der Waals surface area contributed by atoms with Gasteiger partial charge in [-0.05, 0) is 61.8 Å². The lowest BCUT2D eigenvalue weighted by Gasteiger charge is -2.35. The molecule has 31 heavy (non-hydrogen) atoms. The second kappa shape index (κ2) is 9.32. The number of hydrogen-bond acceptors (Lipinski definition) is 5. The third-order valence-corrected chi connectivity index (χ3v) is 7.67. The van der Waals surface area contributed by atoms with E-state index in [1.165, 1.54) is 12.1 Å². The van der Waals surface area contributed by atoms with Crippen LogP contribution in [0.25, 0.3) is 11.0 Å². The van der Waals surface area contributed by atoms with Crippen molar-refractivity contribution in [2.24, 2.45) is 5.92 Å². The fourth-order valence-corrected chi connectivity index (χ4v) is 5.91. The Labute approximate surface area is 182 Å². The summed E-state index contributed by atoms with van der Waals surface area (Å²) in [6.07, 6.45) is 7.48. The van der Waals surface area contributed by atoms with Gasteiger partial charge >= 0.3 is 0 Å².